The predicted octanol–water partition coefficient (Wildman–Crippen LogP) is 0.982. The summed E-state index contributed by atoms with van der Waals surface area (Å²) >= 11 is 0. The van der Waals surface area contributed by atoms with Gasteiger partial charge in [0.2, 0.25) is 5.91 Å². The summed E-state index contributed by atoms with van der Waals surface area (Å²) in [5, 5.41) is 8.85. The smallest absolute Gasteiger partial charge is 0.323 e. The molecule has 98 valence electrons. The molecule has 5 nitrogen and oxygen atoms in total. The lowest BCUT2D eigenvalue weighted by molar-refractivity contribution is -0.147. The van der Waals surface area contributed by atoms with Crippen molar-refractivity contribution >= 4 is 11.9 Å². The van der Waals surface area contributed by atoms with Crippen LogP contribution in [0.3, 0.4) is 0 Å². The molecule has 0 saturated carbocycles. The molecule has 1 rings (SSSR count). The zero-order valence-electron chi connectivity index (χ0n) is 10.7. The average Bonchev–Trinajstić information content (AvgIpc) is 2.65. The van der Waals surface area contributed by atoms with Crippen molar-refractivity contribution in [2.24, 2.45) is 11.3 Å². The molecular formula is C12H21NO4. The maximum atomic E-state index is 12.1. The number of rotatable bonds is 4. The molecule has 5 heteroatoms. The van der Waals surface area contributed by atoms with Gasteiger partial charge in [-0.25, -0.2) is 0 Å². The number of hydrogen-bond acceptors (Lipinski definition) is 3. The van der Waals surface area contributed by atoms with Gasteiger partial charge in [0.1, 0.15) is 6.54 Å². The molecule has 0 aromatic carbocycles. The highest BCUT2D eigenvalue weighted by Crippen LogP contribution is 2.20. The SMILES string of the molecule is CC(C)(C)CN(CC(=O)O)C(=O)C1CCOC1. The first-order valence-electron chi connectivity index (χ1n) is 5.88. The number of carboxylic acid groups (broad SMARTS) is 1. The number of carbonyl (C=O) groups is 2. The third-order valence-corrected chi connectivity index (χ3v) is 2.58. The average molecular weight is 243 g/mol. The van der Waals surface area contributed by atoms with Crippen molar-refractivity contribution in [3.63, 3.8) is 0 Å². The van der Waals surface area contributed by atoms with E-state index < -0.39 is 5.97 Å². The number of carbonyl (C=O) groups excluding carboxylic acids is 1. The monoisotopic (exact) mass is 243 g/mol. The van der Waals surface area contributed by atoms with E-state index in [1.807, 2.05) is 20.8 Å². The number of hydrogen-bond donors (Lipinski definition) is 1. The lowest BCUT2D eigenvalue weighted by Crippen LogP contribution is -2.44. The predicted molar refractivity (Wildman–Crippen MR) is 62.6 cm³/mol. The van der Waals surface area contributed by atoms with E-state index >= 15 is 0 Å². The van der Waals surface area contributed by atoms with Crippen LogP contribution in [0.5, 0.6) is 0 Å². The van der Waals surface area contributed by atoms with Crippen molar-refractivity contribution in [3.05, 3.63) is 0 Å². The maximum absolute atomic E-state index is 12.1. The minimum atomic E-state index is -0.971. The van der Waals surface area contributed by atoms with Gasteiger partial charge >= 0.3 is 5.97 Å². The minimum absolute atomic E-state index is 0.0974. The van der Waals surface area contributed by atoms with Crippen molar-refractivity contribution in [2.75, 3.05) is 26.3 Å². The summed E-state index contributed by atoms with van der Waals surface area (Å²) in [5.74, 6) is -1.24. The van der Waals surface area contributed by atoms with Crippen LogP contribution in [0.15, 0.2) is 0 Å². The molecule has 1 aliphatic rings. The molecule has 0 aromatic heterocycles. The van der Waals surface area contributed by atoms with Crippen LogP contribution in [0, 0.1) is 11.3 Å². The van der Waals surface area contributed by atoms with E-state index in [2.05, 4.69) is 0 Å². The van der Waals surface area contributed by atoms with Crippen LogP contribution >= 0.6 is 0 Å². The summed E-state index contributed by atoms with van der Waals surface area (Å²) < 4.78 is 5.17. The number of aliphatic carboxylic acids is 1. The lowest BCUT2D eigenvalue weighted by atomic mass is 9.95. The Morgan fingerprint density at radius 3 is 2.47 bits per heavy atom. The molecule has 0 aliphatic carbocycles. The highest BCUT2D eigenvalue weighted by Gasteiger charge is 2.31. The molecular weight excluding hydrogens is 222 g/mol. The number of ether oxygens (including phenoxy) is 1. The molecule has 1 saturated heterocycles. The normalized spacial score (nSPS) is 20.3. The Balaban J connectivity index is 2.67. The van der Waals surface area contributed by atoms with Crippen molar-refractivity contribution in [2.45, 2.75) is 27.2 Å². The maximum Gasteiger partial charge on any atom is 0.323 e. The Morgan fingerprint density at radius 2 is 2.06 bits per heavy atom. The second-order valence-electron chi connectivity index (χ2n) is 5.71. The van der Waals surface area contributed by atoms with Crippen molar-refractivity contribution in [1.29, 1.82) is 0 Å². The molecule has 1 aliphatic heterocycles. The number of carboxylic acids is 1. The standard InChI is InChI=1S/C12H21NO4/c1-12(2,3)8-13(6-10(14)15)11(16)9-4-5-17-7-9/h9H,4-8H2,1-3H3,(H,14,15). The zero-order valence-corrected chi connectivity index (χ0v) is 10.7. The van der Waals surface area contributed by atoms with Gasteiger partial charge in [-0.05, 0) is 11.8 Å². The van der Waals surface area contributed by atoms with E-state index in [1.54, 1.807) is 0 Å². The van der Waals surface area contributed by atoms with Gasteiger partial charge in [-0.15, -0.1) is 0 Å². The van der Waals surface area contributed by atoms with Crippen LogP contribution in [0.4, 0.5) is 0 Å². The zero-order chi connectivity index (χ0) is 13.1. The first-order valence-corrected chi connectivity index (χ1v) is 5.88. The van der Waals surface area contributed by atoms with Gasteiger partial charge in [-0.1, -0.05) is 20.8 Å². The molecule has 1 heterocycles. The molecule has 0 bridgehead atoms. The fourth-order valence-electron chi connectivity index (χ4n) is 1.94. The largest absolute Gasteiger partial charge is 0.480 e. The molecule has 0 spiro atoms. The summed E-state index contributed by atoms with van der Waals surface area (Å²) in [6, 6.07) is 0. The summed E-state index contributed by atoms with van der Waals surface area (Å²) in [7, 11) is 0. The first-order chi connectivity index (χ1) is 7.79. The summed E-state index contributed by atoms with van der Waals surface area (Å²) in [4.78, 5) is 24.4. The van der Waals surface area contributed by atoms with Crippen molar-refractivity contribution in [1.82, 2.24) is 4.90 Å². The highest BCUT2D eigenvalue weighted by molar-refractivity contribution is 5.83. The summed E-state index contributed by atoms with van der Waals surface area (Å²) in [6.45, 7) is 7.19. The molecule has 1 atom stereocenters. The second kappa shape index (κ2) is 5.49. The third-order valence-electron chi connectivity index (χ3n) is 2.58. The van der Waals surface area contributed by atoms with E-state index in [-0.39, 0.29) is 23.8 Å². The Bertz CT molecular complexity index is 289. The Hall–Kier alpha value is -1.10. The van der Waals surface area contributed by atoms with Crippen LogP contribution in [0.2, 0.25) is 0 Å². The molecule has 17 heavy (non-hydrogen) atoms. The van der Waals surface area contributed by atoms with E-state index in [1.165, 1.54) is 4.90 Å². The van der Waals surface area contributed by atoms with Gasteiger partial charge in [-0.3, -0.25) is 9.59 Å². The number of amides is 1. The van der Waals surface area contributed by atoms with E-state index in [0.29, 0.717) is 26.2 Å². The topological polar surface area (TPSA) is 66.8 Å². The molecule has 1 fully saturated rings. The third kappa shape index (κ3) is 4.73. The number of nitrogens with zero attached hydrogens (tertiary/aromatic N) is 1. The van der Waals surface area contributed by atoms with Crippen LogP contribution < -0.4 is 0 Å². The van der Waals surface area contributed by atoms with Crippen molar-refractivity contribution < 1.29 is 19.4 Å². The van der Waals surface area contributed by atoms with E-state index in [0.717, 1.165) is 0 Å². The molecule has 1 N–H and O–H groups in total. The highest BCUT2D eigenvalue weighted by atomic mass is 16.5. The molecule has 1 amide bonds. The second-order valence-corrected chi connectivity index (χ2v) is 5.71. The van der Waals surface area contributed by atoms with E-state index in [9.17, 15) is 9.59 Å². The summed E-state index contributed by atoms with van der Waals surface area (Å²) in [5.41, 5.74) is -0.107. The lowest BCUT2D eigenvalue weighted by Gasteiger charge is -2.30. The minimum Gasteiger partial charge on any atom is -0.480 e. The van der Waals surface area contributed by atoms with Gasteiger partial charge in [0, 0.05) is 13.2 Å². The fraction of sp³-hybridized carbons (Fsp3) is 0.833. The summed E-state index contributed by atoms with van der Waals surface area (Å²) in [6.07, 6.45) is 0.694. The van der Waals surface area contributed by atoms with Crippen LogP contribution in [-0.2, 0) is 14.3 Å². The van der Waals surface area contributed by atoms with Gasteiger partial charge < -0.3 is 14.7 Å². The van der Waals surface area contributed by atoms with Crippen LogP contribution in [0.25, 0.3) is 0 Å². The van der Waals surface area contributed by atoms with Gasteiger partial charge in [-0.2, -0.15) is 0 Å². The quantitative estimate of drug-likeness (QED) is 0.799. The van der Waals surface area contributed by atoms with Crippen LogP contribution in [0.1, 0.15) is 27.2 Å². The first kappa shape index (κ1) is 14.0. The Morgan fingerprint density at radius 1 is 1.41 bits per heavy atom. The Kier molecular flexibility index (Phi) is 4.51. The van der Waals surface area contributed by atoms with Crippen LogP contribution in [-0.4, -0.2) is 48.2 Å². The molecule has 0 aromatic rings. The van der Waals surface area contributed by atoms with Gasteiger partial charge in [0.15, 0.2) is 0 Å². The Labute approximate surface area is 102 Å². The fourth-order valence-corrected chi connectivity index (χ4v) is 1.94. The van der Waals surface area contributed by atoms with Crippen molar-refractivity contribution in [3.8, 4) is 0 Å². The van der Waals surface area contributed by atoms with Gasteiger partial charge in [0.25, 0.3) is 0 Å². The van der Waals surface area contributed by atoms with E-state index in [4.69, 9.17) is 9.84 Å². The molecule has 1 unspecified atom stereocenters. The van der Waals surface area contributed by atoms with Gasteiger partial charge in [0.05, 0.1) is 12.5 Å². The molecule has 0 radical (unpaired) electrons.